The zero-order valence-electron chi connectivity index (χ0n) is 10.8. The number of nitrogens with one attached hydrogen (secondary N) is 1. The lowest BCUT2D eigenvalue weighted by Gasteiger charge is -2.32. The van der Waals surface area contributed by atoms with Gasteiger partial charge >= 0.3 is 0 Å². The van der Waals surface area contributed by atoms with E-state index in [-0.39, 0.29) is 5.41 Å². The summed E-state index contributed by atoms with van der Waals surface area (Å²) in [6.45, 7) is 3.46. The Bertz CT molecular complexity index is 506. The Labute approximate surface area is 109 Å². The van der Waals surface area contributed by atoms with E-state index in [2.05, 4.69) is 72.9 Å². The molecule has 1 heteroatoms. The molecule has 2 aromatic carbocycles. The molecule has 0 bridgehead atoms. The maximum Gasteiger partial charge on any atom is 0.0415 e. The highest BCUT2D eigenvalue weighted by molar-refractivity contribution is 5.34. The molecule has 1 fully saturated rings. The third-order valence-corrected chi connectivity index (χ3v) is 4.20. The van der Waals surface area contributed by atoms with Crippen molar-refractivity contribution in [3.63, 3.8) is 0 Å². The van der Waals surface area contributed by atoms with E-state index in [9.17, 15) is 0 Å². The predicted molar refractivity (Wildman–Crippen MR) is 75.6 cm³/mol. The van der Waals surface area contributed by atoms with Gasteiger partial charge < -0.3 is 5.32 Å². The average molecular weight is 237 g/mol. The summed E-state index contributed by atoms with van der Waals surface area (Å²) in [5.74, 6) is 0. The number of rotatable bonds is 2. The molecule has 0 saturated carbocycles. The predicted octanol–water partition coefficient (Wildman–Crippen LogP) is 3.68. The fourth-order valence-corrected chi connectivity index (χ4v) is 3.11. The molecule has 0 spiro atoms. The molecule has 1 nitrogen and oxygen atoms in total. The molecule has 2 atom stereocenters. The summed E-state index contributed by atoms with van der Waals surface area (Å²) in [7, 11) is 0. The lowest BCUT2D eigenvalue weighted by Crippen LogP contribution is -2.30. The number of hydrogen-bond donors (Lipinski definition) is 1. The Kier molecular flexibility index (Phi) is 2.92. The van der Waals surface area contributed by atoms with Crippen molar-refractivity contribution in [3.05, 3.63) is 71.8 Å². The van der Waals surface area contributed by atoms with Gasteiger partial charge in [0.2, 0.25) is 0 Å². The quantitative estimate of drug-likeness (QED) is 0.840. The minimum absolute atomic E-state index is 0.197. The molecular formula is C17H19N. The smallest absolute Gasteiger partial charge is 0.0415 e. The second kappa shape index (κ2) is 4.58. The summed E-state index contributed by atoms with van der Waals surface area (Å²) in [6.07, 6.45) is 1.19. The summed E-state index contributed by atoms with van der Waals surface area (Å²) < 4.78 is 0. The lowest BCUT2D eigenvalue weighted by molar-refractivity contribution is 0.414. The highest BCUT2D eigenvalue weighted by Gasteiger charge is 2.40. The van der Waals surface area contributed by atoms with E-state index in [1.807, 2.05) is 0 Å². The van der Waals surface area contributed by atoms with Gasteiger partial charge in [-0.3, -0.25) is 0 Å². The van der Waals surface area contributed by atoms with Crippen LogP contribution >= 0.6 is 0 Å². The highest BCUT2D eigenvalue weighted by Crippen LogP contribution is 2.43. The van der Waals surface area contributed by atoms with Crippen molar-refractivity contribution in [2.75, 3.05) is 6.54 Å². The van der Waals surface area contributed by atoms with Crippen LogP contribution in [-0.2, 0) is 5.41 Å². The van der Waals surface area contributed by atoms with Crippen LogP contribution in [-0.4, -0.2) is 6.54 Å². The molecule has 1 saturated heterocycles. The van der Waals surface area contributed by atoms with Crippen LogP contribution in [0.2, 0.25) is 0 Å². The van der Waals surface area contributed by atoms with Crippen molar-refractivity contribution >= 4 is 0 Å². The molecule has 1 aliphatic rings. The highest BCUT2D eigenvalue weighted by atomic mass is 15.0. The maximum absolute atomic E-state index is 3.66. The average Bonchev–Trinajstić information content (AvgIpc) is 2.84. The molecule has 18 heavy (non-hydrogen) atoms. The van der Waals surface area contributed by atoms with Crippen LogP contribution in [0.1, 0.15) is 30.5 Å². The summed E-state index contributed by atoms with van der Waals surface area (Å²) in [5.41, 5.74) is 3.02. The third kappa shape index (κ3) is 1.85. The van der Waals surface area contributed by atoms with Gasteiger partial charge in [-0.2, -0.15) is 0 Å². The minimum Gasteiger partial charge on any atom is -0.309 e. The Hall–Kier alpha value is -1.60. The summed E-state index contributed by atoms with van der Waals surface area (Å²) in [6, 6.07) is 22.1. The van der Waals surface area contributed by atoms with Gasteiger partial charge in [0.15, 0.2) is 0 Å². The van der Waals surface area contributed by atoms with E-state index in [0.717, 1.165) is 6.54 Å². The first-order valence-electron chi connectivity index (χ1n) is 6.64. The molecule has 1 N–H and O–H groups in total. The second-order valence-electron chi connectivity index (χ2n) is 5.33. The van der Waals surface area contributed by atoms with Crippen molar-refractivity contribution in [1.82, 2.24) is 5.32 Å². The Morgan fingerprint density at radius 3 is 2.22 bits per heavy atom. The van der Waals surface area contributed by atoms with E-state index in [1.165, 1.54) is 17.5 Å². The first kappa shape index (κ1) is 11.5. The minimum atomic E-state index is 0.197. The summed E-state index contributed by atoms with van der Waals surface area (Å²) >= 11 is 0. The van der Waals surface area contributed by atoms with Crippen LogP contribution in [0.4, 0.5) is 0 Å². The third-order valence-electron chi connectivity index (χ3n) is 4.20. The SMILES string of the molecule is CC1(c2ccccc2)CCNC1c1ccccc1. The number of hydrogen-bond acceptors (Lipinski definition) is 1. The van der Waals surface area contributed by atoms with E-state index in [0.29, 0.717) is 6.04 Å². The van der Waals surface area contributed by atoms with Crippen LogP contribution in [0.25, 0.3) is 0 Å². The van der Waals surface area contributed by atoms with Crippen molar-refractivity contribution in [1.29, 1.82) is 0 Å². The molecule has 2 unspecified atom stereocenters. The van der Waals surface area contributed by atoms with E-state index in [4.69, 9.17) is 0 Å². The molecule has 3 rings (SSSR count). The lowest BCUT2D eigenvalue weighted by atomic mass is 9.74. The Morgan fingerprint density at radius 2 is 1.56 bits per heavy atom. The molecule has 1 heterocycles. The largest absolute Gasteiger partial charge is 0.309 e. The van der Waals surface area contributed by atoms with Gasteiger partial charge in [0.25, 0.3) is 0 Å². The molecule has 0 aliphatic carbocycles. The first-order valence-corrected chi connectivity index (χ1v) is 6.64. The first-order chi connectivity index (χ1) is 8.81. The van der Waals surface area contributed by atoms with Gasteiger partial charge in [-0.1, -0.05) is 67.6 Å². The zero-order valence-corrected chi connectivity index (χ0v) is 10.8. The monoisotopic (exact) mass is 237 g/mol. The van der Waals surface area contributed by atoms with Gasteiger partial charge in [-0.25, -0.2) is 0 Å². The molecule has 92 valence electrons. The fourth-order valence-electron chi connectivity index (χ4n) is 3.11. The van der Waals surface area contributed by atoms with Crippen molar-refractivity contribution in [2.24, 2.45) is 0 Å². The molecule has 0 radical (unpaired) electrons. The van der Waals surface area contributed by atoms with Crippen LogP contribution in [0.3, 0.4) is 0 Å². The van der Waals surface area contributed by atoms with Crippen LogP contribution < -0.4 is 5.32 Å². The molecule has 2 aromatic rings. The van der Waals surface area contributed by atoms with E-state index < -0.39 is 0 Å². The van der Waals surface area contributed by atoms with Crippen LogP contribution in [0, 0.1) is 0 Å². The van der Waals surface area contributed by atoms with E-state index >= 15 is 0 Å². The molecular weight excluding hydrogens is 218 g/mol. The number of benzene rings is 2. The topological polar surface area (TPSA) is 12.0 Å². The van der Waals surface area contributed by atoms with Gasteiger partial charge in [-0.15, -0.1) is 0 Å². The summed E-state index contributed by atoms with van der Waals surface area (Å²) in [4.78, 5) is 0. The normalized spacial score (nSPS) is 27.3. The van der Waals surface area contributed by atoms with Crippen molar-refractivity contribution in [2.45, 2.75) is 24.8 Å². The Morgan fingerprint density at radius 1 is 0.944 bits per heavy atom. The molecule has 1 aliphatic heterocycles. The maximum atomic E-state index is 3.66. The van der Waals surface area contributed by atoms with Gasteiger partial charge in [0.1, 0.15) is 0 Å². The van der Waals surface area contributed by atoms with Crippen LogP contribution in [0.5, 0.6) is 0 Å². The second-order valence-corrected chi connectivity index (χ2v) is 5.33. The fraction of sp³-hybridized carbons (Fsp3) is 0.294. The van der Waals surface area contributed by atoms with Gasteiger partial charge in [0.05, 0.1) is 0 Å². The van der Waals surface area contributed by atoms with Gasteiger partial charge in [-0.05, 0) is 24.1 Å². The van der Waals surface area contributed by atoms with Crippen molar-refractivity contribution in [3.8, 4) is 0 Å². The zero-order chi connectivity index (χ0) is 12.4. The van der Waals surface area contributed by atoms with Gasteiger partial charge in [0, 0.05) is 11.5 Å². The Balaban J connectivity index is 2.01. The molecule has 0 aromatic heterocycles. The standard InChI is InChI=1S/C17H19N/c1-17(15-10-6-3-7-11-15)12-13-18-16(17)14-8-4-2-5-9-14/h2-11,16,18H,12-13H2,1H3. The molecule has 0 amide bonds. The van der Waals surface area contributed by atoms with Crippen molar-refractivity contribution < 1.29 is 0 Å². The van der Waals surface area contributed by atoms with Crippen LogP contribution in [0.15, 0.2) is 60.7 Å². The van der Waals surface area contributed by atoms with E-state index in [1.54, 1.807) is 0 Å². The summed E-state index contributed by atoms with van der Waals surface area (Å²) in [5, 5.41) is 3.66.